The molecule has 0 radical (unpaired) electrons. The Bertz CT molecular complexity index is 1050. The summed E-state index contributed by atoms with van der Waals surface area (Å²) in [6, 6.07) is 14.1. The van der Waals surface area contributed by atoms with Gasteiger partial charge in [-0.2, -0.15) is 0 Å². The summed E-state index contributed by atoms with van der Waals surface area (Å²) >= 11 is 3.32. The van der Waals surface area contributed by atoms with Crippen LogP contribution in [0.5, 0.6) is 0 Å². The molecule has 0 aromatic heterocycles. The Morgan fingerprint density at radius 1 is 1.12 bits per heavy atom. The molecule has 1 fully saturated rings. The number of aliphatic imine (C=N–C) groups is 1. The lowest BCUT2D eigenvalue weighted by molar-refractivity contribution is -0.119. The van der Waals surface area contributed by atoms with E-state index in [1.54, 1.807) is 59.9 Å². The molecule has 1 saturated carbocycles. The van der Waals surface area contributed by atoms with E-state index in [0.29, 0.717) is 22.6 Å². The Balaban J connectivity index is 1.29. The minimum Gasteiger partial charge on any atom is -0.452 e. The van der Waals surface area contributed by atoms with E-state index in [9.17, 15) is 14.4 Å². The summed E-state index contributed by atoms with van der Waals surface area (Å²) < 4.78 is 6.27. The minimum atomic E-state index is -0.546. The Kier molecular flexibility index (Phi) is 7.49. The molecule has 1 aliphatic carbocycles. The number of rotatable bonds is 8. The van der Waals surface area contributed by atoms with Crippen LogP contribution in [0.15, 0.2) is 53.5 Å². The van der Waals surface area contributed by atoms with E-state index in [4.69, 9.17) is 4.74 Å². The third-order valence-electron chi connectivity index (χ3n) is 4.80. The van der Waals surface area contributed by atoms with Crippen molar-refractivity contribution in [3.05, 3.63) is 65.2 Å². The predicted octanol–water partition coefficient (Wildman–Crippen LogP) is 3.71. The van der Waals surface area contributed by atoms with Crippen LogP contribution in [-0.4, -0.2) is 47.1 Å². The highest BCUT2D eigenvalue weighted by atomic mass is 32.2. The van der Waals surface area contributed by atoms with Crippen LogP contribution in [0.1, 0.15) is 39.1 Å². The lowest BCUT2D eigenvalue weighted by atomic mass is 10.1. The lowest BCUT2D eigenvalue weighted by Gasteiger charge is -2.10. The monoisotopic (exact) mass is 469 g/mol. The van der Waals surface area contributed by atoms with Crippen LogP contribution in [-0.2, 0) is 15.3 Å². The molecule has 1 heterocycles. The quantitative estimate of drug-likeness (QED) is 0.572. The lowest BCUT2D eigenvalue weighted by Crippen LogP contribution is -2.25. The third kappa shape index (κ3) is 6.37. The molecule has 32 heavy (non-hydrogen) atoms. The second-order valence-corrected chi connectivity index (χ2v) is 9.70. The number of nitrogens with one attached hydrogen (secondary N) is 2. The average molecular weight is 470 g/mol. The van der Waals surface area contributed by atoms with Crippen molar-refractivity contribution in [1.29, 1.82) is 0 Å². The predicted molar refractivity (Wildman–Crippen MR) is 128 cm³/mol. The van der Waals surface area contributed by atoms with Crippen LogP contribution in [0, 0.1) is 0 Å². The number of carbonyl (C=O) groups is 3. The highest BCUT2D eigenvalue weighted by Crippen LogP contribution is 2.26. The van der Waals surface area contributed by atoms with Gasteiger partial charge in [-0.3, -0.25) is 14.6 Å². The largest absolute Gasteiger partial charge is 0.452 e. The number of hydrogen-bond donors (Lipinski definition) is 2. The smallest absolute Gasteiger partial charge is 0.338 e. The summed E-state index contributed by atoms with van der Waals surface area (Å²) in [5, 5.41) is 5.58. The maximum Gasteiger partial charge on any atom is 0.338 e. The number of carbonyl (C=O) groups excluding carboxylic acids is 3. The van der Waals surface area contributed by atoms with Crippen molar-refractivity contribution in [3.63, 3.8) is 0 Å². The molecule has 2 aromatic rings. The van der Waals surface area contributed by atoms with Gasteiger partial charge in [0.2, 0.25) is 0 Å². The van der Waals surface area contributed by atoms with Crippen LogP contribution >= 0.6 is 23.5 Å². The van der Waals surface area contributed by atoms with Crippen LogP contribution in [0.4, 0.5) is 5.69 Å². The van der Waals surface area contributed by atoms with Gasteiger partial charge in [0.05, 0.1) is 12.1 Å². The van der Waals surface area contributed by atoms with Gasteiger partial charge in [0, 0.05) is 28.8 Å². The number of esters is 1. The number of hydrogen-bond acceptors (Lipinski definition) is 7. The topological polar surface area (TPSA) is 96.9 Å². The molecule has 2 N–H and O–H groups in total. The second kappa shape index (κ2) is 10.7. The number of amides is 2. The van der Waals surface area contributed by atoms with Gasteiger partial charge < -0.3 is 15.4 Å². The zero-order valence-corrected chi connectivity index (χ0v) is 19.0. The summed E-state index contributed by atoms with van der Waals surface area (Å²) in [7, 11) is 0. The number of thioether (sulfide) groups is 2. The maximum atomic E-state index is 12.6. The summed E-state index contributed by atoms with van der Waals surface area (Å²) in [5.74, 6) is 0.428. The van der Waals surface area contributed by atoms with Gasteiger partial charge in [-0.1, -0.05) is 47.8 Å². The van der Waals surface area contributed by atoms with Gasteiger partial charge in [0.1, 0.15) is 4.38 Å². The Morgan fingerprint density at radius 3 is 2.75 bits per heavy atom. The number of anilines is 1. The van der Waals surface area contributed by atoms with Crippen molar-refractivity contribution in [2.75, 3.05) is 24.2 Å². The first-order valence-corrected chi connectivity index (χ1v) is 12.3. The molecule has 0 spiro atoms. The molecular weight excluding hydrogens is 446 g/mol. The molecule has 9 heteroatoms. The van der Waals surface area contributed by atoms with Crippen molar-refractivity contribution in [1.82, 2.24) is 5.32 Å². The molecule has 1 aliphatic heterocycles. The molecule has 166 valence electrons. The Labute approximate surface area is 194 Å². The zero-order valence-electron chi connectivity index (χ0n) is 17.3. The van der Waals surface area contributed by atoms with Crippen molar-refractivity contribution in [2.24, 2.45) is 4.99 Å². The summed E-state index contributed by atoms with van der Waals surface area (Å²) in [6.07, 6.45) is 2.01. The Hall–Kier alpha value is -2.78. The van der Waals surface area contributed by atoms with Crippen molar-refractivity contribution in [2.45, 2.75) is 24.6 Å². The minimum absolute atomic E-state index is 0.161. The SMILES string of the molecule is O=C(COC(=O)c1ccccc1CSC1=NCCS1)Nc1cccc(C(=O)NC2CC2)c1. The molecule has 0 bridgehead atoms. The van der Waals surface area contributed by atoms with Crippen molar-refractivity contribution in [3.8, 4) is 0 Å². The molecular formula is C23H23N3O4S2. The van der Waals surface area contributed by atoms with Gasteiger partial charge in [-0.15, -0.1) is 0 Å². The van der Waals surface area contributed by atoms with E-state index in [1.807, 2.05) is 12.1 Å². The molecule has 2 amide bonds. The van der Waals surface area contributed by atoms with E-state index >= 15 is 0 Å². The number of benzene rings is 2. The van der Waals surface area contributed by atoms with Crippen LogP contribution in [0.2, 0.25) is 0 Å². The molecule has 2 aliphatic rings. The first kappa shape index (κ1) is 22.4. The van der Waals surface area contributed by atoms with E-state index in [2.05, 4.69) is 15.6 Å². The number of ether oxygens (including phenoxy) is 1. The standard InChI is InChI=1S/C23H23N3O4S2/c27-20(25-18-6-3-5-15(12-18)21(28)26-17-8-9-17)13-30-22(29)19-7-2-1-4-16(19)14-32-23-24-10-11-31-23/h1-7,12,17H,8-11,13-14H2,(H,25,27)(H,26,28). The highest BCUT2D eigenvalue weighted by Gasteiger charge is 2.24. The zero-order chi connectivity index (χ0) is 22.3. The molecule has 0 saturated heterocycles. The first-order valence-electron chi connectivity index (χ1n) is 10.3. The first-order chi connectivity index (χ1) is 15.6. The molecule has 7 nitrogen and oxygen atoms in total. The molecule has 0 atom stereocenters. The molecule has 0 unspecified atom stereocenters. The molecule has 2 aromatic carbocycles. The van der Waals surface area contributed by atoms with Crippen molar-refractivity contribution >= 4 is 51.4 Å². The second-order valence-electron chi connectivity index (χ2n) is 7.39. The van der Waals surface area contributed by atoms with Gasteiger partial charge >= 0.3 is 5.97 Å². The van der Waals surface area contributed by atoms with E-state index < -0.39 is 18.5 Å². The van der Waals surface area contributed by atoms with E-state index in [-0.39, 0.29) is 11.9 Å². The van der Waals surface area contributed by atoms with Gasteiger partial charge in [0.25, 0.3) is 11.8 Å². The van der Waals surface area contributed by atoms with Crippen molar-refractivity contribution < 1.29 is 19.1 Å². The highest BCUT2D eigenvalue weighted by molar-refractivity contribution is 8.38. The van der Waals surface area contributed by atoms with Gasteiger partial charge in [-0.05, 0) is 42.7 Å². The van der Waals surface area contributed by atoms with E-state index in [1.165, 1.54) is 0 Å². The van der Waals surface area contributed by atoms with Crippen LogP contribution < -0.4 is 10.6 Å². The van der Waals surface area contributed by atoms with Crippen LogP contribution in [0.25, 0.3) is 0 Å². The summed E-state index contributed by atoms with van der Waals surface area (Å²) in [5.41, 5.74) is 2.23. The average Bonchev–Trinajstić information content (AvgIpc) is 3.46. The summed E-state index contributed by atoms with van der Waals surface area (Å²) in [4.78, 5) is 41.4. The fraction of sp³-hybridized carbons (Fsp3) is 0.304. The van der Waals surface area contributed by atoms with E-state index in [0.717, 1.165) is 35.1 Å². The van der Waals surface area contributed by atoms with Gasteiger partial charge in [-0.25, -0.2) is 4.79 Å². The van der Waals surface area contributed by atoms with Gasteiger partial charge in [0.15, 0.2) is 6.61 Å². The summed E-state index contributed by atoms with van der Waals surface area (Å²) in [6.45, 7) is 0.418. The number of nitrogens with zero attached hydrogens (tertiary/aromatic N) is 1. The Morgan fingerprint density at radius 2 is 1.97 bits per heavy atom. The third-order valence-corrected chi connectivity index (χ3v) is 7.10. The fourth-order valence-electron chi connectivity index (χ4n) is 3.03. The molecule has 4 rings (SSSR count). The van der Waals surface area contributed by atoms with Crippen LogP contribution in [0.3, 0.4) is 0 Å². The maximum absolute atomic E-state index is 12.6. The normalized spacial score (nSPS) is 15.1. The fourth-order valence-corrected chi connectivity index (χ4v) is 5.04.